The molecule has 0 spiro atoms. The van der Waals surface area contributed by atoms with Crippen molar-refractivity contribution in [2.45, 2.75) is 6.42 Å². The molecule has 0 N–H and O–H groups in total. The van der Waals surface area contributed by atoms with Crippen LogP contribution in [0.5, 0.6) is 0 Å². The quantitative estimate of drug-likeness (QED) is 0.300. The molecule has 40 valence electrons. The van der Waals surface area contributed by atoms with Gasteiger partial charge in [-0.05, 0) is 0 Å². The van der Waals surface area contributed by atoms with Crippen molar-refractivity contribution >= 4 is 34.7 Å². The summed E-state index contributed by atoms with van der Waals surface area (Å²) in [6.45, 7) is -0.0382. The standard InChI is InChI=1S/C3H6ClO.ClH.Mg/c4-2-1-3-5;;/h1-3H2;1H;/q-1;;+2/p-1. The molecule has 0 aromatic rings. The minimum absolute atomic E-state index is 0. The van der Waals surface area contributed by atoms with E-state index in [2.05, 4.69) is 0 Å². The Bertz CT molecular complexity index is 20.4. The third-order valence-corrected chi connectivity index (χ3v) is 0.545. The molecular formula is C3H6Cl2MgO. The van der Waals surface area contributed by atoms with E-state index in [4.69, 9.17) is 11.6 Å². The maximum atomic E-state index is 9.45. The van der Waals surface area contributed by atoms with Gasteiger partial charge in [0.25, 0.3) is 0 Å². The molecule has 1 nitrogen and oxygen atoms in total. The first-order valence-corrected chi connectivity index (χ1v) is 2.09. The summed E-state index contributed by atoms with van der Waals surface area (Å²) < 4.78 is 0. The van der Waals surface area contributed by atoms with Crippen molar-refractivity contribution in [3.05, 3.63) is 0 Å². The van der Waals surface area contributed by atoms with E-state index in [0.717, 1.165) is 0 Å². The molecule has 0 bridgehead atoms. The maximum Gasteiger partial charge on any atom is 2.00 e. The number of rotatable bonds is 2. The second kappa shape index (κ2) is 15.7. The fraction of sp³-hybridized carbons (Fsp3) is 1.00. The molecule has 4 heteroatoms. The average molecular weight is 153 g/mol. The number of alkyl halides is 1. The zero-order valence-corrected chi connectivity index (χ0v) is 6.92. The van der Waals surface area contributed by atoms with Crippen LogP contribution in [-0.4, -0.2) is 35.5 Å². The zero-order valence-electron chi connectivity index (χ0n) is 3.99. The molecule has 0 aliphatic rings. The minimum atomic E-state index is -0.0382. The molecular weight excluding hydrogens is 147 g/mol. The van der Waals surface area contributed by atoms with Gasteiger partial charge in [-0.3, -0.25) is 0 Å². The maximum absolute atomic E-state index is 9.45. The summed E-state index contributed by atoms with van der Waals surface area (Å²) in [6, 6.07) is 0. The van der Waals surface area contributed by atoms with E-state index in [-0.39, 0.29) is 42.1 Å². The normalized spacial score (nSPS) is 6.00. The predicted molar refractivity (Wildman–Crippen MR) is 26.0 cm³/mol. The fourth-order valence-corrected chi connectivity index (χ4v) is 0.164. The second-order valence-electron chi connectivity index (χ2n) is 0.747. The molecule has 0 radical (unpaired) electrons. The van der Waals surface area contributed by atoms with Crippen molar-refractivity contribution in [3.63, 3.8) is 0 Å². The monoisotopic (exact) mass is 152 g/mol. The Morgan fingerprint density at radius 2 is 1.86 bits per heavy atom. The Balaban J connectivity index is -0.0000000800. The molecule has 0 aliphatic heterocycles. The fourth-order valence-electron chi connectivity index (χ4n) is 0.0546. The molecule has 0 aromatic heterocycles. The summed E-state index contributed by atoms with van der Waals surface area (Å²) in [6.07, 6.45) is 0.599. The summed E-state index contributed by atoms with van der Waals surface area (Å²) in [4.78, 5) is 0. The van der Waals surface area contributed by atoms with Gasteiger partial charge in [-0.1, -0.05) is 6.42 Å². The summed E-state index contributed by atoms with van der Waals surface area (Å²) in [5.41, 5.74) is 0. The van der Waals surface area contributed by atoms with E-state index < -0.39 is 0 Å². The van der Waals surface area contributed by atoms with Crippen molar-refractivity contribution in [1.82, 2.24) is 0 Å². The number of halogens is 2. The second-order valence-corrected chi connectivity index (χ2v) is 1.12. The predicted octanol–water partition coefficient (Wildman–Crippen LogP) is -3.40. The molecule has 0 fully saturated rings. The van der Waals surface area contributed by atoms with Gasteiger partial charge in [0.2, 0.25) is 0 Å². The van der Waals surface area contributed by atoms with E-state index in [1.54, 1.807) is 0 Å². The first-order chi connectivity index (χ1) is 2.41. The van der Waals surface area contributed by atoms with Crippen LogP contribution in [0.25, 0.3) is 0 Å². The van der Waals surface area contributed by atoms with Crippen LogP contribution < -0.4 is 17.5 Å². The molecule has 0 amide bonds. The minimum Gasteiger partial charge on any atom is -1.00 e. The van der Waals surface area contributed by atoms with E-state index in [0.29, 0.717) is 12.3 Å². The van der Waals surface area contributed by atoms with E-state index in [1.807, 2.05) is 0 Å². The van der Waals surface area contributed by atoms with Crippen molar-refractivity contribution in [3.8, 4) is 0 Å². The van der Waals surface area contributed by atoms with E-state index >= 15 is 0 Å². The van der Waals surface area contributed by atoms with Gasteiger partial charge in [0.1, 0.15) is 0 Å². The Hall–Kier alpha value is 1.31. The molecule has 0 saturated heterocycles. The van der Waals surface area contributed by atoms with Gasteiger partial charge in [-0.2, -0.15) is 0 Å². The Morgan fingerprint density at radius 3 is 1.86 bits per heavy atom. The van der Waals surface area contributed by atoms with Crippen LogP contribution >= 0.6 is 11.6 Å². The van der Waals surface area contributed by atoms with Crippen molar-refractivity contribution in [1.29, 1.82) is 0 Å². The molecule has 0 unspecified atom stereocenters. The van der Waals surface area contributed by atoms with Gasteiger partial charge >= 0.3 is 23.1 Å². The largest absolute Gasteiger partial charge is 2.00 e. The molecule has 0 atom stereocenters. The number of hydrogen-bond acceptors (Lipinski definition) is 1. The summed E-state index contributed by atoms with van der Waals surface area (Å²) in [7, 11) is 0. The average Bonchev–Trinajstić information content (AvgIpc) is 1.41. The van der Waals surface area contributed by atoms with Gasteiger partial charge in [0, 0.05) is 5.88 Å². The third kappa shape index (κ3) is 18.8. The molecule has 7 heavy (non-hydrogen) atoms. The molecule has 0 saturated carbocycles. The molecule has 0 aromatic carbocycles. The topological polar surface area (TPSA) is 23.1 Å². The smallest absolute Gasteiger partial charge is 1.00 e. The molecule has 0 heterocycles. The van der Waals surface area contributed by atoms with Gasteiger partial charge in [-0.25, -0.2) is 0 Å². The van der Waals surface area contributed by atoms with Crippen LogP contribution in [0.15, 0.2) is 0 Å². The van der Waals surface area contributed by atoms with Gasteiger partial charge in [0.05, 0.1) is 0 Å². The SMILES string of the molecule is [Cl-].[Mg+2].[O-]CCCCl. The summed E-state index contributed by atoms with van der Waals surface area (Å²) in [5, 5.41) is 9.45. The van der Waals surface area contributed by atoms with Crippen LogP contribution in [0.4, 0.5) is 0 Å². The Labute approximate surface area is 71.0 Å². The number of hydrogen-bond donors (Lipinski definition) is 0. The van der Waals surface area contributed by atoms with Crippen LogP contribution in [0, 0.1) is 0 Å². The van der Waals surface area contributed by atoms with Crippen molar-refractivity contribution < 1.29 is 17.5 Å². The molecule has 0 aliphatic carbocycles. The van der Waals surface area contributed by atoms with Crippen molar-refractivity contribution in [2.24, 2.45) is 0 Å². The molecule has 0 rings (SSSR count). The van der Waals surface area contributed by atoms with Crippen LogP contribution in [0.2, 0.25) is 0 Å². The van der Waals surface area contributed by atoms with E-state index in [1.165, 1.54) is 0 Å². The first kappa shape index (κ1) is 15.7. The van der Waals surface area contributed by atoms with Crippen LogP contribution in [0.3, 0.4) is 0 Å². The van der Waals surface area contributed by atoms with E-state index in [9.17, 15) is 5.11 Å². The zero-order chi connectivity index (χ0) is 4.12. The Kier molecular flexibility index (Phi) is 35.2. The van der Waals surface area contributed by atoms with Crippen molar-refractivity contribution in [2.75, 3.05) is 12.5 Å². The summed E-state index contributed by atoms with van der Waals surface area (Å²) >= 11 is 5.10. The third-order valence-electron chi connectivity index (χ3n) is 0.278. The van der Waals surface area contributed by atoms with Crippen LogP contribution in [0.1, 0.15) is 6.42 Å². The van der Waals surface area contributed by atoms with Gasteiger partial charge in [-0.15, -0.1) is 18.2 Å². The van der Waals surface area contributed by atoms with Crippen LogP contribution in [-0.2, 0) is 0 Å². The Morgan fingerprint density at radius 1 is 1.43 bits per heavy atom. The van der Waals surface area contributed by atoms with Gasteiger partial charge in [0.15, 0.2) is 0 Å². The first-order valence-electron chi connectivity index (χ1n) is 1.56. The summed E-state index contributed by atoms with van der Waals surface area (Å²) in [5.74, 6) is 0.503. The van der Waals surface area contributed by atoms with Gasteiger partial charge < -0.3 is 17.5 Å².